The predicted molar refractivity (Wildman–Crippen MR) is 93.3 cm³/mol. The molecule has 25 heavy (non-hydrogen) atoms. The Bertz CT molecular complexity index is 897. The Hall–Kier alpha value is -3.09. The summed E-state index contributed by atoms with van der Waals surface area (Å²) in [6.07, 6.45) is 3.38. The molecular weight excluding hydrogens is 320 g/mol. The van der Waals surface area contributed by atoms with Gasteiger partial charge in [-0.25, -0.2) is 0 Å². The van der Waals surface area contributed by atoms with Gasteiger partial charge in [-0.05, 0) is 43.2 Å². The lowest BCUT2D eigenvalue weighted by Crippen LogP contribution is -2.35. The molecule has 0 saturated carbocycles. The van der Waals surface area contributed by atoms with E-state index in [1.54, 1.807) is 12.3 Å². The van der Waals surface area contributed by atoms with Crippen LogP contribution in [0.2, 0.25) is 0 Å². The number of rotatable bonds is 6. The highest BCUT2D eigenvalue weighted by molar-refractivity contribution is 5.92. The standard InChI is InChI=1S/C18H20N4O3/c1-11-7-14-13(10-25-16(14)8-12(11)2)9-17(23)19-5-6-20-18(24)15-3-4-21-22-15/h3-4,7-8,10H,5-6,9H2,1-2H3,(H,19,23)(H,20,24)(H,21,22). The fourth-order valence-electron chi connectivity index (χ4n) is 2.56. The van der Waals surface area contributed by atoms with Crippen molar-refractivity contribution < 1.29 is 14.0 Å². The monoisotopic (exact) mass is 340 g/mol. The van der Waals surface area contributed by atoms with Crippen LogP contribution < -0.4 is 10.6 Å². The molecule has 0 unspecified atom stereocenters. The summed E-state index contributed by atoms with van der Waals surface area (Å²) < 4.78 is 5.54. The molecule has 2 amide bonds. The van der Waals surface area contributed by atoms with E-state index in [0.717, 1.165) is 27.7 Å². The van der Waals surface area contributed by atoms with Gasteiger partial charge >= 0.3 is 0 Å². The Morgan fingerprint density at radius 3 is 2.68 bits per heavy atom. The van der Waals surface area contributed by atoms with Gasteiger partial charge in [0.1, 0.15) is 11.3 Å². The molecule has 0 atom stereocenters. The van der Waals surface area contributed by atoms with Gasteiger partial charge in [-0.15, -0.1) is 0 Å². The zero-order chi connectivity index (χ0) is 17.8. The van der Waals surface area contributed by atoms with Crippen LogP contribution >= 0.6 is 0 Å². The molecule has 0 bridgehead atoms. The number of carbonyl (C=O) groups is 2. The molecule has 130 valence electrons. The summed E-state index contributed by atoms with van der Waals surface area (Å²) in [6, 6.07) is 5.61. The molecule has 3 aromatic rings. The Kier molecular flexibility index (Phi) is 4.83. The Morgan fingerprint density at radius 2 is 1.92 bits per heavy atom. The Labute approximate surface area is 144 Å². The summed E-state index contributed by atoms with van der Waals surface area (Å²) in [6.45, 7) is 4.76. The van der Waals surface area contributed by atoms with E-state index in [2.05, 4.69) is 20.8 Å². The first-order chi connectivity index (χ1) is 12.0. The van der Waals surface area contributed by atoms with Crippen molar-refractivity contribution in [1.82, 2.24) is 20.8 Å². The first-order valence-corrected chi connectivity index (χ1v) is 8.06. The van der Waals surface area contributed by atoms with Gasteiger partial charge in [0, 0.05) is 30.2 Å². The van der Waals surface area contributed by atoms with Gasteiger partial charge in [0.25, 0.3) is 5.91 Å². The molecule has 7 heteroatoms. The van der Waals surface area contributed by atoms with E-state index < -0.39 is 0 Å². The average Bonchev–Trinajstić information content (AvgIpc) is 3.23. The van der Waals surface area contributed by atoms with Crippen molar-refractivity contribution in [3.63, 3.8) is 0 Å². The maximum absolute atomic E-state index is 12.1. The second-order valence-corrected chi connectivity index (χ2v) is 5.95. The van der Waals surface area contributed by atoms with E-state index in [9.17, 15) is 9.59 Å². The highest BCUT2D eigenvalue weighted by atomic mass is 16.3. The fourth-order valence-corrected chi connectivity index (χ4v) is 2.56. The summed E-state index contributed by atoms with van der Waals surface area (Å²) in [4.78, 5) is 23.8. The number of carbonyl (C=O) groups excluding carboxylic acids is 2. The van der Waals surface area contributed by atoms with Gasteiger partial charge in [0.2, 0.25) is 5.91 Å². The maximum atomic E-state index is 12.1. The second kappa shape index (κ2) is 7.21. The van der Waals surface area contributed by atoms with Crippen molar-refractivity contribution in [2.24, 2.45) is 0 Å². The van der Waals surface area contributed by atoms with Crippen LogP contribution in [0.5, 0.6) is 0 Å². The third-order valence-corrected chi connectivity index (χ3v) is 4.10. The summed E-state index contributed by atoms with van der Waals surface area (Å²) in [5.74, 6) is -0.366. The highest BCUT2D eigenvalue weighted by Crippen LogP contribution is 2.25. The first-order valence-electron chi connectivity index (χ1n) is 8.06. The lowest BCUT2D eigenvalue weighted by molar-refractivity contribution is -0.120. The van der Waals surface area contributed by atoms with Crippen LogP contribution in [0.15, 0.2) is 35.1 Å². The largest absolute Gasteiger partial charge is 0.464 e. The molecule has 0 radical (unpaired) electrons. The molecule has 3 rings (SSSR count). The number of furan rings is 1. The van der Waals surface area contributed by atoms with Crippen LogP contribution in [0.4, 0.5) is 0 Å². The lowest BCUT2D eigenvalue weighted by atomic mass is 10.0. The van der Waals surface area contributed by atoms with Crippen LogP contribution in [0.1, 0.15) is 27.2 Å². The van der Waals surface area contributed by atoms with E-state index >= 15 is 0 Å². The molecule has 1 aromatic carbocycles. The predicted octanol–water partition coefficient (Wildman–Crippen LogP) is 1.86. The third kappa shape index (κ3) is 3.88. The molecular formula is C18H20N4O3. The molecule has 0 aliphatic rings. The van der Waals surface area contributed by atoms with E-state index in [-0.39, 0.29) is 18.2 Å². The van der Waals surface area contributed by atoms with Crippen LogP contribution in [0.25, 0.3) is 11.0 Å². The van der Waals surface area contributed by atoms with Gasteiger partial charge in [0.05, 0.1) is 12.7 Å². The van der Waals surface area contributed by atoms with Crippen molar-refractivity contribution in [2.75, 3.05) is 13.1 Å². The molecule has 0 spiro atoms. The number of aromatic amines is 1. The van der Waals surface area contributed by atoms with E-state index in [1.165, 1.54) is 6.20 Å². The van der Waals surface area contributed by atoms with E-state index in [0.29, 0.717) is 18.8 Å². The number of amides is 2. The van der Waals surface area contributed by atoms with Crippen molar-refractivity contribution >= 4 is 22.8 Å². The highest BCUT2D eigenvalue weighted by Gasteiger charge is 2.12. The molecule has 0 aliphatic heterocycles. The second-order valence-electron chi connectivity index (χ2n) is 5.95. The molecule has 0 aliphatic carbocycles. The number of hydrogen-bond acceptors (Lipinski definition) is 4. The zero-order valence-electron chi connectivity index (χ0n) is 14.2. The average molecular weight is 340 g/mol. The minimum Gasteiger partial charge on any atom is -0.464 e. The van der Waals surface area contributed by atoms with Crippen molar-refractivity contribution in [1.29, 1.82) is 0 Å². The number of aryl methyl sites for hydroxylation is 2. The number of aromatic nitrogens is 2. The normalized spacial score (nSPS) is 10.8. The van der Waals surface area contributed by atoms with Crippen molar-refractivity contribution in [2.45, 2.75) is 20.3 Å². The number of hydrogen-bond donors (Lipinski definition) is 3. The van der Waals surface area contributed by atoms with Crippen LogP contribution in [-0.2, 0) is 11.2 Å². The van der Waals surface area contributed by atoms with Gasteiger partial charge in [-0.1, -0.05) is 0 Å². The smallest absolute Gasteiger partial charge is 0.269 e. The Morgan fingerprint density at radius 1 is 1.16 bits per heavy atom. The minimum atomic E-state index is -0.251. The van der Waals surface area contributed by atoms with Crippen molar-refractivity contribution in [3.05, 3.63) is 53.0 Å². The number of nitrogens with zero attached hydrogens (tertiary/aromatic N) is 1. The number of benzene rings is 1. The molecule has 0 saturated heterocycles. The molecule has 2 aromatic heterocycles. The number of H-pyrrole nitrogens is 1. The zero-order valence-corrected chi connectivity index (χ0v) is 14.2. The first kappa shape index (κ1) is 16.8. The van der Waals surface area contributed by atoms with Crippen LogP contribution in [-0.4, -0.2) is 35.1 Å². The third-order valence-electron chi connectivity index (χ3n) is 4.10. The van der Waals surface area contributed by atoms with E-state index in [1.807, 2.05) is 26.0 Å². The summed E-state index contributed by atoms with van der Waals surface area (Å²) in [5.41, 5.74) is 4.36. The van der Waals surface area contributed by atoms with Gasteiger partial charge in [0.15, 0.2) is 0 Å². The number of nitrogens with one attached hydrogen (secondary N) is 3. The quantitative estimate of drug-likeness (QED) is 0.596. The fraction of sp³-hybridized carbons (Fsp3) is 0.278. The maximum Gasteiger partial charge on any atom is 0.269 e. The molecule has 7 nitrogen and oxygen atoms in total. The molecule has 2 heterocycles. The molecule has 0 fully saturated rings. The van der Waals surface area contributed by atoms with Gasteiger partial charge in [-0.2, -0.15) is 5.10 Å². The van der Waals surface area contributed by atoms with Crippen LogP contribution in [0.3, 0.4) is 0 Å². The summed E-state index contributed by atoms with van der Waals surface area (Å²) in [7, 11) is 0. The lowest BCUT2D eigenvalue weighted by Gasteiger charge is -2.06. The summed E-state index contributed by atoms with van der Waals surface area (Å²) >= 11 is 0. The van der Waals surface area contributed by atoms with Crippen LogP contribution in [0, 0.1) is 13.8 Å². The van der Waals surface area contributed by atoms with E-state index in [4.69, 9.17) is 4.42 Å². The molecule has 3 N–H and O–H groups in total. The van der Waals surface area contributed by atoms with Crippen molar-refractivity contribution in [3.8, 4) is 0 Å². The SMILES string of the molecule is Cc1cc2occ(CC(=O)NCCNC(=O)c3ccn[nH]3)c2cc1C. The summed E-state index contributed by atoms with van der Waals surface area (Å²) in [5, 5.41) is 12.7. The topological polar surface area (TPSA) is 100 Å². The number of fused-ring (bicyclic) bond motifs is 1. The minimum absolute atomic E-state index is 0.114. The van der Waals surface area contributed by atoms with Gasteiger partial charge < -0.3 is 15.1 Å². The Balaban J connectivity index is 1.50. The van der Waals surface area contributed by atoms with Gasteiger partial charge in [-0.3, -0.25) is 14.7 Å².